The number of carboxylic acid groups (broad SMARTS) is 1. The third-order valence-corrected chi connectivity index (χ3v) is 6.12. The number of nitrogens with zero attached hydrogens (tertiary/aromatic N) is 2. The van der Waals surface area contributed by atoms with Crippen molar-refractivity contribution in [1.82, 2.24) is 10.2 Å². The predicted octanol–water partition coefficient (Wildman–Crippen LogP) is 3.92. The Hall–Kier alpha value is -3.58. The summed E-state index contributed by atoms with van der Waals surface area (Å²) < 4.78 is 37.9. The van der Waals surface area contributed by atoms with Gasteiger partial charge in [-0.3, -0.25) is 10.1 Å². The van der Waals surface area contributed by atoms with Gasteiger partial charge in [0.15, 0.2) is 0 Å². The van der Waals surface area contributed by atoms with E-state index in [1.807, 2.05) is 24.3 Å². The normalized spacial score (nSPS) is 21.3. The van der Waals surface area contributed by atoms with E-state index in [2.05, 4.69) is 41.7 Å². The zero-order valence-corrected chi connectivity index (χ0v) is 19.6. The number of likely N-dealkylation sites (tertiary alicyclic amines) is 1. The number of ether oxygens (including phenoxy) is 1. The van der Waals surface area contributed by atoms with E-state index in [0.717, 1.165) is 37.9 Å². The lowest BCUT2D eigenvalue weighted by atomic mass is 10.0. The lowest BCUT2D eigenvalue weighted by molar-refractivity contribution is -0.192. The Balaban J connectivity index is 0.000000454. The molecule has 10 heteroatoms. The number of nitrogens with one attached hydrogen (secondary N) is 1. The van der Waals surface area contributed by atoms with Crippen LogP contribution in [0.4, 0.5) is 13.2 Å². The van der Waals surface area contributed by atoms with Gasteiger partial charge in [0.25, 0.3) is 0 Å². The molecule has 2 aromatic rings. The molecule has 0 bridgehead atoms. The molecule has 2 fully saturated rings. The molecule has 0 saturated carbocycles. The number of nitriles is 1. The topological polar surface area (TPSA) is 103 Å². The van der Waals surface area contributed by atoms with Crippen LogP contribution in [0.2, 0.25) is 0 Å². The summed E-state index contributed by atoms with van der Waals surface area (Å²) in [5, 5.41) is 19.8. The van der Waals surface area contributed by atoms with Gasteiger partial charge in [-0.15, -0.1) is 0 Å². The van der Waals surface area contributed by atoms with Crippen LogP contribution >= 0.6 is 0 Å². The van der Waals surface area contributed by atoms with Gasteiger partial charge in [0, 0.05) is 19.0 Å². The molecule has 0 aliphatic carbocycles. The van der Waals surface area contributed by atoms with Crippen molar-refractivity contribution in [3.63, 3.8) is 0 Å². The average Bonchev–Trinajstić information content (AvgIpc) is 3.53. The number of carboxylic acids is 1. The monoisotopic (exact) mass is 503 g/mol. The first-order valence-corrected chi connectivity index (χ1v) is 11.7. The number of carbonyl (C=O) groups is 2. The van der Waals surface area contributed by atoms with Crippen LogP contribution in [-0.4, -0.2) is 59.3 Å². The Kier molecular flexibility index (Phi) is 9.31. The Bertz CT molecular complexity index is 1070. The molecule has 0 spiro atoms. The lowest BCUT2D eigenvalue weighted by Crippen LogP contribution is -2.47. The number of hydrogen-bond acceptors (Lipinski definition) is 5. The third kappa shape index (κ3) is 7.46. The molecular weight excluding hydrogens is 475 g/mol. The van der Waals surface area contributed by atoms with Crippen molar-refractivity contribution in [3.8, 4) is 11.8 Å². The summed E-state index contributed by atoms with van der Waals surface area (Å²) in [5.74, 6) is -1.79. The van der Waals surface area contributed by atoms with Crippen molar-refractivity contribution in [2.24, 2.45) is 0 Å². The van der Waals surface area contributed by atoms with Crippen LogP contribution in [0.1, 0.15) is 36.8 Å². The van der Waals surface area contributed by atoms with Crippen molar-refractivity contribution < 1.29 is 32.6 Å². The zero-order chi connectivity index (χ0) is 26.1. The highest BCUT2D eigenvalue weighted by atomic mass is 19.4. The standard InChI is InChI=1S/C24H27N3O2.C2HF3O2/c25-16-21-10-6-14-27(21)24(28)22-13-12-20(26-22)17-29-23-11-5-4-9-19(23)15-18-7-2-1-3-8-18;3-2(4,5)1(6)7/h1-5,7-9,11,20-22,26H,6,10,12-15,17H2;(H,6,7)/t20-,21+,22+;/m1./s1. The van der Waals surface area contributed by atoms with Gasteiger partial charge >= 0.3 is 12.1 Å². The summed E-state index contributed by atoms with van der Waals surface area (Å²) in [6.07, 6.45) is -0.836. The molecule has 7 nitrogen and oxygen atoms in total. The van der Waals surface area contributed by atoms with Gasteiger partial charge in [-0.05, 0) is 42.9 Å². The number of aliphatic carboxylic acids is 1. The molecule has 0 radical (unpaired) electrons. The third-order valence-electron chi connectivity index (χ3n) is 6.12. The first-order chi connectivity index (χ1) is 17.2. The maximum Gasteiger partial charge on any atom is 0.490 e. The van der Waals surface area contributed by atoms with E-state index < -0.39 is 12.1 Å². The molecule has 0 unspecified atom stereocenters. The highest BCUT2D eigenvalue weighted by molar-refractivity contribution is 5.83. The molecule has 2 heterocycles. The molecule has 2 aliphatic heterocycles. The van der Waals surface area contributed by atoms with E-state index >= 15 is 0 Å². The highest BCUT2D eigenvalue weighted by Gasteiger charge is 2.38. The molecular formula is C26H28F3N3O4. The summed E-state index contributed by atoms with van der Waals surface area (Å²) in [6, 6.07) is 20.5. The van der Waals surface area contributed by atoms with Gasteiger partial charge in [0.05, 0.1) is 12.1 Å². The van der Waals surface area contributed by atoms with Gasteiger partial charge in [-0.2, -0.15) is 18.4 Å². The fourth-order valence-electron chi connectivity index (χ4n) is 4.31. The number of para-hydroxylation sites is 1. The number of alkyl halides is 3. The molecule has 1 amide bonds. The van der Waals surface area contributed by atoms with Gasteiger partial charge in [-0.1, -0.05) is 48.5 Å². The van der Waals surface area contributed by atoms with Crippen LogP contribution in [0, 0.1) is 11.3 Å². The molecule has 36 heavy (non-hydrogen) atoms. The van der Waals surface area contributed by atoms with E-state index in [1.54, 1.807) is 4.90 Å². The Morgan fingerprint density at radius 1 is 1.08 bits per heavy atom. The minimum atomic E-state index is -5.08. The molecule has 0 aromatic heterocycles. The van der Waals surface area contributed by atoms with Crippen molar-refractivity contribution in [1.29, 1.82) is 5.26 Å². The van der Waals surface area contributed by atoms with E-state index in [9.17, 15) is 23.2 Å². The van der Waals surface area contributed by atoms with E-state index in [4.69, 9.17) is 14.6 Å². The van der Waals surface area contributed by atoms with Crippen LogP contribution in [0.25, 0.3) is 0 Å². The highest BCUT2D eigenvalue weighted by Crippen LogP contribution is 2.24. The van der Waals surface area contributed by atoms with Crippen molar-refractivity contribution in [2.45, 2.75) is 56.4 Å². The number of halogens is 3. The molecule has 192 valence electrons. The molecule has 2 aliphatic rings. The second-order valence-corrected chi connectivity index (χ2v) is 8.70. The average molecular weight is 504 g/mol. The lowest BCUT2D eigenvalue weighted by Gasteiger charge is -2.24. The first-order valence-electron chi connectivity index (χ1n) is 11.7. The van der Waals surface area contributed by atoms with Gasteiger partial charge in [-0.25, -0.2) is 4.79 Å². The van der Waals surface area contributed by atoms with Gasteiger partial charge in [0.1, 0.15) is 18.4 Å². The SMILES string of the molecule is N#C[C@@H]1CCCN1C(=O)[C@@H]1CC[C@H](COc2ccccc2Cc2ccccc2)N1.O=C(O)C(F)(F)F. The molecule has 2 N–H and O–H groups in total. The summed E-state index contributed by atoms with van der Waals surface area (Å²) >= 11 is 0. The molecule has 4 rings (SSSR count). The Morgan fingerprint density at radius 2 is 1.75 bits per heavy atom. The van der Waals surface area contributed by atoms with Crippen molar-refractivity contribution in [2.75, 3.05) is 13.2 Å². The molecule has 2 aromatic carbocycles. The van der Waals surface area contributed by atoms with Gasteiger partial charge in [0.2, 0.25) is 5.91 Å². The first kappa shape index (κ1) is 27.0. The second-order valence-electron chi connectivity index (χ2n) is 8.70. The molecule has 3 atom stereocenters. The van der Waals surface area contributed by atoms with Crippen LogP contribution in [0.15, 0.2) is 54.6 Å². The van der Waals surface area contributed by atoms with E-state index in [0.29, 0.717) is 13.2 Å². The molecule has 2 saturated heterocycles. The summed E-state index contributed by atoms with van der Waals surface area (Å²) in [7, 11) is 0. The summed E-state index contributed by atoms with van der Waals surface area (Å²) in [5.41, 5.74) is 2.42. The van der Waals surface area contributed by atoms with Gasteiger partial charge < -0.3 is 14.7 Å². The Labute approximate surface area is 207 Å². The zero-order valence-electron chi connectivity index (χ0n) is 19.6. The number of hydrogen-bond donors (Lipinski definition) is 2. The van der Waals surface area contributed by atoms with Crippen molar-refractivity contribution in [3.05, 3.63) is 65.7 Å². The summed E-state index contributed by atoms with van der Waals surface area (Å²) in [6.45, 7) is 1.24. The fourth-order valence-corrected chi connectivity index (χ4v) is 4.31. The minimum Gasteiger partial charge on any atom is -0.492 e. The maximum absolute atomic E-state index is 12.8. The van der Waals surface area contributed by atoms with E-state index in [1.165, 1.54) is 11.1 Å². The van der Waals surface area contributed by atoms with Crippen LogP contribution in [0.3, 0.4) is 0 Å². The van der Waals surface area contributed by atoms with Crippen molar-refractivity contribution >= 4 is 11.9 Å². The smallest absolute Gasteiger partial charge is 0.490 e. The number of carbonyl (C=O) groups excluding carboxylic acids is 1. The van der Waals surface area contributed by atoms with Crippen LogP contribution in [-0.2, 0) is 16.0 Å². The number of amides is 1. The van der Waals surface area contributed by atoms with Crippen LogP contribution < -0.4 is 10.1 Å². The Morgan fingerprint density at radius 3 is 2.42 bits per heavy atom. The quantitative estimate of drug-likeness (QED) is 0.620. The second kappa shape index (κ2) is 12.4. The number of benzene rings is 2. The maximum atomic E-state index is 12.8. The number of rotatable bonds is 6. The summed E-state index contributed by atoms with van der Waals surface area (Å²) in [4.78, 5) is 23.4. The van der Waals surface area contributed by atoms with E-state index in [-0.39, 0.29) is 24.0 Å². The minimum absolute atomic E-state index is 0.0704. The van der Waals surface area contributed by atoms with Crippen LogP contribution in [0.5, 0.6) is 5.75 Å². The fraction of sp³-hybridized carbons (Fsp3) is 0.423. The largest absolute Gasteiger partial charge is 0.492 e. The predicted molar refractivity (Wildman–Crippen MR) is 125 cm³/mol.